The molecule has 0 aliphatic carbocycles. The SMILES string of the molecule is O=C(/C=C(/Nc1cccc(Cl)c1)c1ccccc1)C(F)(F)F. The van der Waals surface area contributed by atoms with Crippen LogP contribution in [0.25, 0.3) is 5.70 Å². The molecule has 2 aromatic rings. The second-order valence-electron chi connectivity index (χ2n) is 4.42. The van der Waals surface area contributed by atoms with E-state index in [1.807, 2.05) is 0 Å². The van der Waals surface area contributed by atoms with Crippen LogP contribution in [0.4, 0.5) is 18.9 Å². The van der Waals surface area contributed by atoms with Gasteiger partial charge in [-0.1, -0.05) is 48.0 Å². The number of ketones is 1. The minimum absolute atomic E-state index is 0.0465. The van der Waals surface area contributed by atoms with E-state index in [4.69, 9.17) is 11.6 Å². The van der Waals surface area contributed by atoms with Crippen molar-refractivity contribution >= 4 is 28.8 Å². The zero-order valence-electron chi connectivity index (χ0n) is 11.2. The number of carbonyl (C=O) groups excluding carboxylic acids is 1. The average molecular weight is 326 g/mol. The van der Waals surface area contributed by atoms with Gasteiger partial charge in [0.15, 0.2) is 0 Å². The van der Waals surface area contributed by atoms with E-state index in [1.54, 1.807) is 54.6 Å². The average Bonchev–Trinajstić information content (AvgIpc) is 2.46. The van der Waals surface area contributed by atoms with Crippen molar-refractivity contribution in [3.8, 4) is 0 Å². The summed E-state index contributed by atoms with van der Waals surface area (Å²) in [5, 5.41) is 3.23. The first-order valence-corrected chi connectivity index (χ1v) is 6.65. The predicted octanol–water partition coefficient (Wildman–Crippen LogP) is 4.92. The predicted molar refractivity (Wildman–Crippen MR) is 80.6 cm³/mol. The summed E-state index contributed by atoms with van der Waals surface area (Å²) >= 11 is 5.85. The van der Waals surface area contributed by atoms with Crippen molar-refractivity contribution in [1.29, 1.82) is 0 Å². The van der Waals surface area contributed by atoms with Crippen molar-refractivity contribution in [1.82, 2.24) is 0 Å². The first-order chi connectivity index (χ1) is 10.4. The van der Waals surface area contributed by atoms with Crippen molar-refractivity contribution in [3.05, 3.63) is 71.3 Å². The van der Waals surface area contributed by atoms with Gasteiger partial charge >= 0.3 is 6.18 Å². The summed E-state index contributed by atoms with van der Waals surface area (Å²) in [4.78, 5) is 11.2. The third-order valence-electron chi connectivity index (χ3n) is 2.74. The third kappa shape index (κ3) is 4.36. The van der Waals surface area contributed by atoms with Gasteiger partial charge < -0.3 is 5.32 Å². The maximum Gasteiger partial charge on any atom is 0.454 e. The van der Waals surface area contributed by atoms with E-state index in [9.17, 15) is 18.0 Å². The Kier molecular flexibility index (Phi) is 4.88. The molecule has 2 rings (SSSR count). The standard InChI is InChI=1S/C16H11ClF3NO/c17-12-7-4-8-13(9-12)21-14(10-15(22)16(18,19)20)11-5-2-1-3-6-11/h1-10,21H/b14-10+. The molecule has 0 aromatic heterocycles. The number of alkyl halides is 3. The van der Waals surface area contributed by atoms with Crippen molar-refractivity contribution in [2.45, 2.75) is 6.18 Å². The Morgan fingerprint density at radius 3 is 2.32 bits per heavy atom. The molecule has 0 unspecified atom stereocenters. The summed E-state index contributed by atoms with van der Waals surface area (Å²) in [6.07, 6.45) is -4.38. The fourth-order valence-electron chi connectivity index (χ4n) is 1.74. The number of hydrogen-bond donors (Lipinski definition) is 1. The van der Waals surface area contributed by atoms with Crippen LogP contribution in [0, 0.1) is 0 Å². The van der Waals surface area contributed by atoms with Gasteiger partial charge in [0.1, 0.15) is 0 Å². The number of nitrogens with one attached hydrogen (secondary N) is 1. The molecule has 0 radical (unpaired) electrons. The van der Waals surface area contributed by atoms with Gasteiger partial charge in [0.05, 0.1) is 0 Å². The highest BCUT2D eigenvalue weighted by Crippen LogP contribution is 2.24. The van der Waals surface area contributed by atoms with Crippen LogP contribution in [-0.2, 0) is 4.79 Å². The molecule has 0 bridgehead atoms. The fraction of sp³-hybridized carbons (Fsp3) is 0.0625. The molecule has 0 heterocycles. The summed E-state index contributed by atoms with van der Waals surface area (Å²) in [5.74, 6) is -1.93. The van der Waals surface area contributed by atoms with Crippen LogP contribution < -0.4 is 5.32 Å². The lowest BCUT2D eigenvalue weighted by molar-refractivity contribution is -0.165. The quantitative estimate of drug-likeness (QED) is 0.808. The molecular formula is C16H11ClF3NO. The molecule has 0 spiro atoms. The minimum Gasteiger partial charge on any atom is -0.355 e. The Hall–Kier alpha value is -2.27. The molecule has 22 heavy (non-hydrogen) atoms. The van der Waals surface area contributed by atoms with Gasteiger partial charge in [-0.2, -0.15) is 13.2 Å². The van der Waals surface area contributed by atoms with Crippen LogP contribution in [0.3, 0.4) is 0 Å². The summed E-state index contributed by atoms with van der Waals surface area (Å²) in [6.45, 7) is 0. The summed E-state index contributed by atoms with van der Waals surface area (Å²) in [7, 11) is 0. The van der Waals surface area contributed by atoms with Crippen LogP contribution in [0.5, 0.6) is 0 Å². The second-order valence-corrected chi connectivity index (χ2v) is 4.86. The monoisotopic (exact) mass is 325 g/mol. The fourth-order valence-corrected chi connectivity index (χ4v) is 1.93. The molecule has 0 aliphatic heterocycles. The second kappa shape index (κ2) is 6.66. The molecular weight excluding hydrogens is 315 g/mol. The van der Waals surface area contributed by atoms with Gasteiger partial charge in [-0.05, 0) is 23.8 Å². The van der Waals surface area contributed by atoms with Gasteiger partial charge in [0, 0.05) is 22.5 Å². The highest BCUT2D eigenvalue weighted by molar-refractivity contribution is 6.30. The topological polar surface area (TPSA) is 29.1 Å². The van der Waals surface area contributed by atoms with Gasteiger partial charge in [-0.3, -0.25) is 4.79 Å². The van der Waals surface area contributed by atoms with Crippen LogP contribution >= 0.6 is 11.6 Å². The maximum atomic E-state index is 12.5. The third-order valence-corrected chi connectivity index (χ3v) is 2.98. The van der Waals surface area contributed by atoms with Gasteiger partial charge in [0.25, 0.3) is 5.78 Å². The first kappa shape index (κ1) is 16.1. The van der Waals surface area contributed by atoms with E-state index in [1.165, 1.54) is 0 Å². The first-order valence-electron chi connectivity index (χ1n) is 6.27. The molecule has 114 valence electrons. The van der Waals surface area contributed by atoms with Gasteiger partial charge in [0.2, 0.25) is 0 Å². The molecule has 6 heteroatoms. The Balaban J connectivity index is 2.38. The molecule has 0 fully saturated rings. The lowest BCUT2D eigenvalue weighted by atomic mass is 10.1. The zero-order valence-corrected chi connectivity index (χ0v) is 11.9. The van der Waals surface area contributed by atoms with E-state index in [2.05, 4.69) is 5.32 Å². The molecule has 0 saturated heterocycles. The van der Waals surface area contributed by atoms with E-state index in [0.717, 1.165) is 0 Å². The molecule has 1 N–H and O–H groups in total. The van der Waals surface area contributed by atoms with Crippen molar-refractivity contribution in [3.63, 3.8) is 0 Å². The Morgan fingerprint density at radius 2 is 1.73 bits per heavy atom. The van der Waals surface area contributed by atoms with Crippen molar-refractivity contribution < 1.29 is 18.0 Å². The number of benzene rings is 2. The van der Waals surface area contributed by atoms with Crippen LogP contribution in [0.2, 0.25) is 5.02 Å². The number of allylic oxidation sites excluding steroid dienone is 1. The smallest absolute Gasteiger partial charge is 0.355 e. The highest BCUT2D eigenvalue weighted by atomic mass is 35.5. The van der Waals surface area contributed by atoms with Crippen molar-refractivity contribution in [2.24, 2.45) is 0 Å². The Labute approximate surface area is 130 Å². The number of halogens is 4. The molecule has 0 amide bonds. The van der Waals surface area contributed by atoms with E-state index in [-0.39, 0.29) is 5.70 Å². The van der Waals surface area contributed by atoms with Crippen molar-refractivity contribution in [2.75, 3.05) is 5.32 Å². The lowest BCUT2D eigenvalue weighted by Crippen LogP contribution is -2.21. The Morgan fingerprint density at radius 1 is 1.05 bits per heavy atom. The molecule has 0 saturated carbocycles. The largest absolute Gasteiger partial charge is 0.454 e. The zero-order chi connectivity index (χ0) is 16.2. The number of rotatable bonds is 4. The van der Waals surface area contributed by atoms with Gasteiger partial charge in [-0.25, -0.2) is 0 Å². The summed E-state index contributed by atoms with van der Waals surface area (Å²) < 4.78 is 37.5. The van der Waals surface area contributed by atoms with Crippen LogP contribution in [0.1, 0.15) is 5.56 Å². The van der Waals surface area contributed by atoms with Gasteiger partial charge in [-0.15, -0.1) is 0 Å². The van der Waals surface area contributed by atoms with E-state index < -0.39 is 12.0 Å². The molecule has 0 atom stereocenters. The molecule has 0 aliphatic rings. The van der Waals surface area contributed by atoms with E-state index >= 15 is 0 Å². The normalized spacial score (nSPS) is 12.1. The van der Waals surface area contributed by atoms with Crippen LogP contribution in [0.15, 0.2) is 60.7 Å². The number of anilines is 1. The molecule has 2 aromatic carbocycles. The summed E-state index contributed by atoms with van der Waals surface area (Å²) in [6, 6.07) is 14.8. The number of hydrogen-bond acceptors (Lipinski definition) is 2. The molecule has 2 nitrogen and oxygen atoms in total. The lowest BCUT2D eigenvalue weighted by Gasteiger charge is -2.12. The highest BCUT2D eigenvalue weighted by Gasteiger charge is 2.36. The maximum absolute atomic E-state index is 12.5. The van der Waals surface area contributed by atoms with E-state index in [0.29, 0.717) is 22.3 Å². The number of carbonyl (C=O) groups is 1. The summed E-state index contributed by atoms with van der Waals surface area (Å²) in [5.41, 5.74) is 0.989. The van der Waals surface area contributed by atoms with Crippen LogP contribution in [-0.4, -0.2) is 12.0 Å². The minimum atomic E-state index is -4.92. The Bertz CT molecular complexity index is 696.